The van der Waals surface area contributed by atoms with E-state index < -0.39 is 0 Å². The molecule has 0 saturated heterocycles. The molecule has 0 aromatic heterocycles. The first-order chi connectivity index (χ1) is 12.5. The van der Waals surface area contributed by atoms with E-state index in [1.807, 2.05) is 0 Å². The quantitative estimate of drug-likeness (QED) is 0.360. The first-order valence-corrected chi connectivity index (χ1v) is 9.82. The molecule has 2 N–H and O–H groups in total. The highest BCUT2D eigenvalue weighted by Crippen LogP contribution is 2.07. The van der Waals surface area contributed by atoms with E-state index in [2.05, 4.69) is 74.4 Å². The van der Waals surface area contributed by atoms with Gasteiger partial charge in [0.05, 0.1) is 13.2 Å². The lowest BCUT2D eigenvalue weighted by Crippen LogP contribution is -2.41. The molecule has 26 heavy (non-hydrogen) atoms. The number of nitrogens with zero attached hydrogens (tertiary/aromatic N) is 2. The van der Waals surface area contributed by atoms with Crippen LogP contribution in [0.2, 0.25) is 0 Å². The summed E-state index contributed by atoms with van der Waals surface area (Å²) < 4.78 is 5.15. The highest BCUT2D eigenvalue weighted by atomic mass is 16.5. The Morgan fingerprint density at radius 2 is 1.65 bits per heavy atom. The third-order valence-corrected chi connectivity index (χ3v) is 4.31. The van der Waals surface area contributed by atoms with E-state index in [4.69, 9.17) is 9.73 Å². The summed E-state index contributed by atoms with van der Waals surface area (Å²) in [5.74, 6) is 0.883. The predicted octanol–water partition coefficient (Wildman–Crippen LogP) is 3.40. The van der Waals surface area contributed by atoms with Crippen LogP contribution in [-0.4, -0.2) is 49.7 Å². The Labute approximate surface area is 160 Å². The summed E-state index contributed by atoms with van der Waals surface area (Å²) in [5.41, 5.74) is 2.39. The van der Waals surface area contributed by atoms with E-state index in [-0.39, 0.29) is 0 Å². The molecule has 0 aliphatic carbocycles. The Morgan fingerprint density at radius 3 is 2.19 bits per heavy atom. The number of rotatable bonds is 11. The second kappa shape index (κ2) is 12.7. The molecule has 0 radical (unpaired) electrons. The van der Waals surface area contributed by atoms with Crippen molar-refractivity contribution in [3.63, 3.8) is 0 Å². The molecule has 5 heteroatoms. The van der Waals surface area contributed by atoms with Crippen LogP contribution >= 0.6 is 0 Å². The molecule has 148 valence electrons. The van der Waals surface area contributed by atoms with Crippen molar-refractivity contribution in [1.82, 2.24) is 15.5 Å². The standard InChI is InChI=1S/C21H38N4O/c1-7-22-21(23-13-8-14-25(17(2)3)18(4)5)24-15-19-9-11-20(12-10-19)16-26-6/h9-12,17-18H,7-8,13-16H2,1-6H3,(H2,22,23,24). The van der Waals surface area contributed by atoms with Gasteiger partial charge in [-0.15, -0.1) is 0 Å². The summed E-state index contributed by atoms with van der Waals surface area (Å²) in [6.45, 7) is 15.3. The van der Waals surface area contributed by atoms with Crippen molar-refractivity contribution < 1.29 is 4.74 Å². The first kappa shape index (κ1) is 22.5. The number of hydrogen-bond donors (Lipinski definition) is 2. The fourth-order valence-electron chi connectivity index (χ4n) is 3.00. The second-order valence-corrected chi connectivity index (χ2v) is 7.15. The maximum atomic E-state index is 5.15. The van der Waals surface area contributed by atoms with Crippen LogP contribution in [0.15, 0.2) is 29.3 Å². The smallest absolute Gasteiger partial charge is 0.191 e. The molecular formula is C21H38N4O. The van der Waals surface area contributed by atoms with Crippen molar-refractivity contribution in [2.24, 2.45) is 4.99 Å². The van der Waals surface area contributed by atoms with Crippen molar-refractivity contribution in [2.45, 2.75) is 66.3 Å². The first-order valence-electron chi connectivity index (χ1n) is 9.82. The molecule has 0 atom stereocenters. The Hall–Kier alpha value is -1.59. The molecule has 0 amide bonds. The van der Waals surface area contributed by atoms with Gasteiger partial charge in [0.25, 0.3) is 0 Å². The second-order valence-electron chi connectivity index (χ2n) is 7.15. The topological polar surface area (TPSA) is 48.9 Å². The predicted molar refractivity (Wildman–Crippen MR) is 112 cm³/mol. The van der Waals surface area contributed by atoms with Crippen LogP contribution in [0.1, 0.15) is 52.2 Å². The number of ether oxygens (including phenoxy) is 1. The number of hydrogen-bond acceptors (Lipinski definition) is 3. The molecule has 1 aromatic rings. The Balaban J connectivity index is 2.47. The zero-order chi connectivity index (χ0) is 19.4. The van der Waals surface area contributed by atoms with Gasteiger partial charge in [-0.3, -0.25) is 4.90 Å². The average Bonchev–Trinajstić information content (AvgIpc) is 2.60. The van der Waals surface area contributed by atoms with Crippen LogP contribution in [0, 0.1) is 0 Å². The molecule has 0 heterocycles. The SMILES string of the molecule is CCNC(=NCc1ccc(COC)cc1)NCCCN(C(C)C)C(C)C. The molecule has 0 aliphatic heterocycles. The van der Waals surface area contributed by atoms with Crippen LogP contribution in [0.5, 0.6) is 0 Å². The van der Waals surface area contributed by atoms with Crippen LogP contribution in [-0.2, 0) is 17.9 Å². The number of guanidine groups is 1. The lowest BCUT2D eigenvalue weighted by molar-refractivity contribution is 0.173. The Morgan fingerprint density at radius 1 is 1.04 bits per heavy atom. The highest BCUT2D eigenvalue weighted by Gasteiger charge is 2.12. The number of nitrogens with one attached hydrogen (secondary N) is 2. The van der Waals surface area contributed by atoms with E-state index in [0.717, 1.165) is 32.0 Å². The summed E-state index contributed by atoms with van der Waals surface area (Å²) in [7, 11) is 1.72. The largest absolute Gasteiger partial charge is 0.380 e. The minimum absolute atomic E-state index is 0.581. The Bertz CT molecular complexity index is 503. The van der Waals surface area contributed by atoms with Gasteiger partial charge in [0.1, 0.15) is 0 Å². The summed E-state index contributed by atoms with van der Waals surface area (Å²) in [5, 5.41) is 6.77. The van der Waals surface area contributed by atoms with Gasteiger partial charge in [-0.25, -0.2) is 4.99 Å². The highest BCUT2D eigenvalue weighted by molar-refractivity contribution is 5.79. The van der Waals surface area contributed by atoms with Crippen LogP contribution < -0.4 is 10.6 Å². The summed E-state index contributed by atoms with van der Waals surface area (Å²) >= 11 is 0. The zero-order valence-electron chi connectivity index (χ0n) is 17.5. The summed E-state index contributed by atoms with van der Waals surface area (Å²) in [6, 6.07) is 9.59. The third-order valence-electron chi connectivity index (χ3n) is 4.31. The molecule has 0 aliphatic rings. The number of methoxy groups -OCH3 is 1. The molecule has 0 spiro atoms. The summed E-state index contributed by atoms with van der Waals surface area (Å²) in [6.07, 6.45) is 1.10. The van der Waals surface area contributed by atoms with E-state index in [0.29, 0.717) is 25.2 Å². The summed E-state index contributed by atoms with van der Waals surface area (Å²) in [4.78, 5) is 7.22. The van der Waals surface area contributed by atoms with Crippen molar-refractivity contribution in [3.05, 3.63) is 35.4 Å². The van der Waals surface area contributed by atoms with Gasteiger partial charge in [-0.2, -0.15) is 0 Å². The fraction of sp³-hybridized carbons (Fsp3) is 0.667. The minimum atomic E-state index is 0.581. The fourth-order valence-corrected chi connectivity index (χ4v) is 3.00. The van der Waals surface area contributed by atoms with E-state index in [9.17, 15) is 0 Å². The molecule has 1 rings (SSSR count). The minimum Gasteiger partial charge on any atom is -0.380 e. The van der Waals surface area contributed by atoms with Crippen molar-refractivity contribution >= 4 is 5.96 Å². The van der Waals surface area contributed by atoms with Gasteiger partial charge in [-0.1, -0.05) is 24.3 Å². The lowest BCUT2D eigenvalue weighted by atomic mass is 10.1. The van der Waals surface area contributed by atoms with Gasteiger partial charge in [0.15, 0.2) is 5.96 Å². The molecule has 0 bridgehead atoms. The lowest BCUT2D eigenvalue weighted by Gasteiger charge is -2.30. The molecule has 0 unspecified atom stereocenters. The maximum absolute atomic E-state index is 5.15. The van der Waals surface area contributed by atoms with Crippen LogP contribution in [0.3, 0.4) is 0 Å². The van der Waals surface area contributed by atoms with Crippen molar-refractivity contribution in [3.8, 4) is 0 Å². The van der Waals surface area contributed by atoms with Gasteiger partial charge in [0, 0.05) is 38.8 Å². The van der Waals surface area contributed by atoms with Gasteiger partial charge in [-0.05, 0) is 52.2 Å². The van der Waals surface area contributed by atoms with Gasteiger partial charge < -0.3 is 15.4 Å². The zero-order valence-corrected chi connectivity index (χ0v) is 17.5. The molecule has 0 fully saturated rings. The van der Waals surface area contributed by atoms with Gasteiger partial charge >= 0.3 is 0 Å². The van der Waals surface area contributed by atoms with Gasteiger partial charge in [0.2, 0.25) is 0 Å². The van der Waals surface area contributed by atoms with Crippen LogP contribution in [0.4, 0.5) is 0 Å². The monoisotopic (exact) mass is 362 g/mol. The van der Waals surface area contributed by atoms with E-state index >= 15 is 0 Å². The van der Waals surface area contributed by atoms with E-state index in [1.165, 1.54) is 11.1 Å². The number of benzene rings is 1. The molecule has 5 nitrogen and oxygen atoms in total. The molecule has 1 aromatic carbocycles. The normalized spacial score (nSPS) is 12.3. The molecular weight excluding hydrogens is 324 g/mol. The Kier molecular flexibility index (Phi) is 11.0. The third kappa shape index (κ3) is 8.68. The average molecular weight is 363 g/mol. The maximum Gasteiger partial charge on any atom is 0.191 e. The van der Waals surface area contributed by atoms with E-state index in [1.54, 1.807) is 7.11 Å². The van der Waals surface area contributed by atoms with Crippen molar-refractivity contribution in [1.29, 1.82) is 0 Å². The van der Waals surface area contributed by atoms with Crippen LogP contribution in [0.25, 0.3) is 0 Å². The van der Waals surface area contributed by atoms with Crippen molar-refractivity contribution in [2.75, 3.05) is 26.7 Å². The molecule has 0 saturated carbocycles. The number of aliphatic imine (C=N–C) groups is 1.